The molecule has 0 saturated heterocycles. The molecular weight excluding hydrogens is 289 g/mol. The Kier molecular flexibility index (Phi) is 29.2. The van der Waals surface area contributed by atoms with Crippen molar-refractivity contribution in [1.29, 1.82) is 0 Å². The van der Waals surface area contributed by atoms with Crippen molar-refractivity contribution >= 4 is 18.6 Å². The Morgan fingerprint density at radius 1 is 1.13 bits per heavy atom. The molecule has 0 aliphatic rings. The predicted octanol–water partition coefficient (Wildman–Crippen LogP) is -0.0898. The molecule has 0 spiro atoms. The maximum atomic E-state index is 9.55. The third-order valence-corrected chi connectivity index (χ3v) is 0.549. The van der Waals surface area contributed by atoms with Crippen LogP contribution in [-0.2, 0) is 24.3 Å². The topological polar surface area (TPSA) is 170 Å². The minimum Gasteiger partial charge on any atom is -0.481 e. The van der Waals surface area contributed by atoms with Crippen LogP contribution in [-0.4, -0.2) is 27.0 Å². The molecule has 84 valence electrons. The van der Waals surface area contributed by atoms with Crippen LogP contribution in [0.1, 0.15) is 6.42 Å². The first-order valence-corrected chi connectivity index (χ1v) is 3.33. The molecule has 0 amide bonds. The van der Waals surface area contributed by atoms with Crippen LogP contribution in [0.15, 0.2) is 0 Å². The molecule has 0 bridgehead atoms. The average molecular weight is 296 g/mol. The van der Waals surface area contributed by atoms with Gasteiger partial charge in [0.05, 0.1) is 16.6 Å². The SMILES string of the molecule is O=C(O)CCS.O=[N+]([O-])[O-].O=[N+]([O-])[O-].[Zn+2]. The summed E-state index contributed by atoms with van der Waals surface area (Å²) >= 11 is 3.68. The maximum absolute atomic E-state index is 9.55. The van der Waals surface area contributed by atoms with Crippen LogP contribution >= 0.6 is 12.6 Å². The van der Waals surface area contributed by atoms with Gasteiger partial charge >= 0.3 is 25.4 Å². The normalized spacial score (nSPS) is 6.47. The Bertz CT molecular complexity index is 169. The standard InChI is InChI=1S/C3H6O2S.2NO3.Zn/c4-3(5)1-2-6;2*2-1(3)4;/h6H,1-2H2,(H,4,5);;;/q;2*-1;+2. The first-order valence-electron chi connectivity index (χ1n) is 2.69. The minimum atomic E-state index is -1.75. The summed E-state index contributed by atoms with van der Waals surface area (Å²) in [7, 11) is 0. The van der Waals surface area contributed by atoms with Gasteiger partial charge in [0.25, 0.3) is 0 Å². The molecule has 15 heavy (non-hydrogen) atoms. The molecule has 0 aromatic heterocycles. The molecular formula is C3H6N2O8SZn. The number of rotatable bonds is 2. The Hall–Kier alpha value is -1.16. The molecule has 10 nitrogen and oxygen atoms in total. The zero-order valence-corrected chi connectivity index (χ0v) is 11.1. The summed E-state index contributed by atoms with van der Waals surface area (Å²) < 4.78 is 0. The van der Waals surface area contributed by atoms with Crippen LogP contribution in [0.4, 0.5) is 0 Å². The van der Waals surface area contributed by atoms with E-state index in [2.05, 4.69) is 12.6 Å². The van der Waals surface area contributed by atoms with Gasteiger partial charge in [-0.15, -0.1) is 0 Å². The first-order chi connectivity index (χ1) is 6.23. The van der Waals surface area contributed by atoms with Crippen molar-refractivity contribution in [2.24, 2.45) is 0 Å². The number of carboxylic acids is 1. The van der Waals surface area contributed by atoms with E-state index >= 15 is 0 Å². The smallest absolute Gasteiger partial charge is 0.481 e. The summed E-state index contributed by atoms with van der Waals surface area (Å²) in [5, 5.41) is 37.4. The minimum absolute atomic E-state index is 0. The number of hydrogen-bond donors (Lipinski definition) is 2. The van der Waals surface area contributed by atoms with Crippen molar-refractivity contribution in [3.8, 4) is 0 Å². The molecule has 0 rings (SSSR count). The van der Waals surface area contributed by atoms with Crippen LogP contribution < -0.4 is 0 Å². The van der Waals surface area contributed by atoms with E-state index in [1.165, 1.54) is 0 Å². The van der Waals surface area contributed by atoms with E-state index in [4.69, 9.17) is 35.7 Å². The van der Waals surface area contributed by atoms with E-state index < -0.39 is 16.1 Å². The molecule has 0 aliphatic carbocycles. The van der Waals surface area contributed by atoms with Crippen molar-refractivity contribution in [2.75, 3.05) is 5.75 Å². The average Bonchev–Trinajstić information content (AvgIpc) is 1.82. The summed E-state index contributed by atoms with van der Waals surface area (Å²) in [5.41, 5.74) is 0. The Morgan fingerprint density at radius 2 is 1.33 bits per heavy atom. The van der Waals surface area contributed by atoms with Gasteiger partial charge in [-0.3, -0.25) is 4.79 Å². The van der Waals surface area contributed by atoms with Gasteiger partial charge < -0.3 is 35.7 Å². The molecule has 0 aliphatic heterocycles. The third-order valence-electron chi connectivity index (χ3n) is 0.326. The van der Waals surface area contributed by atoms with Crippen molar-refractivity contribution in [1.82, 2.24) is 0 Å². The molecule has 12 heteroatoms. The van der Waals surface area contributed by atoms with Gasteiger partial charge in [0.1, 0.15) is 0 Å². The second-order valence-corrected chi connectivity index (χ2v) is 1.76. The van der Waals surface area contributed by atoms with Crippen LogP contribution in [0.5, 0.6) is 0 Å². The largest absolute Gasteiger partial charge is 2.00 e. The zero-order chi connectivity index (χ0) is 12.1. The van der Waals surface area contributed by atoms with Gasteiger partial charge in [-0.1, -0.05) is 0 Å². The molecule has 0 radical (unpaired) electrons. The van der Waals surface area contributed by atoms with Gasteiger partial charge in [-0.2, -0.15) is 12.6 Å². The van der Waals surface area contributed by atoms with Crippen LogP contribution in [0.25, 0.3) is 0 Å². The molecule has 0 unspecified atom stereocenters. The van der Waals surface area contributed by atoms with Gasteiger partial charge in [0.15, 0.2) is 0 Å². The number of aliphatic carboxylic acids is 1. The second-order valence-electron chi connectivity index (χ2n) is 1.31. The summed E-state index contributed by atoms with van der Waals surface area (Å²) in [4.78, 5) is 26.1. The van der Waals surface area contributed by atoms with Crippen molar-refractivity contribution in [3.63, 3.8) is 0 Å². The summed E-state index contributed by atoms with van der Waals surface area (Å²) in [6, 6.07) is 0. The molecule has 0 heterocycles. The Balaban J connectivity index is -0.0000000606. The number of carboxylic acid groups (broad SMARTS) is 1. The number of nitrogens with zero attached hydrogens (tertiary/aromatic N) is 2. The molecule has 0 saturated carbocycles. The van der Waals surface area contributed by atoms with Crippen molar-refractivity contribution in [2.45, 2.75) is 6.42 Å². The fourth-order valence-corrected chi connectivity index (χ4v) is 0.287. The Labute approximate surface area is 101 Å². The Morgan fingerprint density at radius 3 is 1.33 bits per heavy atom. The van der Waals surface area contributed by atoms with E-state index in [1.807, 2.05) is 0 Å². The van der Waals surface area contributed by atoms with Crippen LogP contribution in [0.3, 0.4) is 0 Å². The van der Waals surface area contributed by atoms with Crippen molar-refractivity contribution in [3.05, 3.63) is 30.6 Å². The molecule has 1 N–H and O–H groups in total. The second kappa shape index (κ2) is 18.6. The van der Waals surface area contributed by atoms with E-state index in [0.29, 0.717) is 5.75 Å². The predicted molar refractivity (Wildman–Crippen MR) is 46.8 cm³/mol. The fraction of sp³-hybridized carbons (Fsp3) is 0.667. The molecule has 0 fully saturated rings. The van der Waals surface area contributed by atoms with E-state index in [-0.39, 0.29) is 25.9 Å². The van der Waals surface area contributed by atoms with Crippen LogP contribution in [0, 0.1) is 30.6 Å². The zero-order valence-electron chi connectivity index (χ0n) is 7.27. The summed E-state index contributed by atoms with van der Waals surface area (Å²) in [5.74, 6) is -0.361. The third kappa shape index (κ3) is 444. The number of hydrogen-bond acceptors (Lipinski definition) is 8. The van der Waals surface area contributed by atoms with Gasteiger partial charge in [-0.05, 0) is 0 Å². The maximum Gasteiger partial charge on any atom is 2.00 e. The van der Waals surface area contributed by atoms with Crippen molar-refractivity contribution < 1.29 is 39.6 Å². The van der Waals surface area contributed by atoms with E-state index in [0.717, 1.165) is 0 Å². The van der Waals surface area contributed by atoms with E-state index in [9.17, 15) is 4.79 Å². The monoisotopic (exact) mass is 294 g/mol. The number of thiol groups is 1. The van der Waals surface area contributed by atoms with Gasteiger partial charge in [0, 0.05) is 5.75 Å². The fourth-order valence-electron chi connectivity index (χ4n) is 0.0956. The summed E-state index contributed by atoms with van der Waals surface area (Å²) in [6.45, 7) is 0. The first kappa shape index (κ1) is 23.6. The van der Waals surface area contributed by atoms with Gasteiger partial charge in [0.2, 0.25) is 0 Å². The molecule has 0 atom stereocenters. The summed E-state index contributed by atoms with van der Waals surface area (Å²) in [6.07, 6.45) is 0.156. The molecule has 0 aromatic rings. The van der Waals surface area contributed by atoms with E-state index in [1.54, 1.807) is 0 Å². The number of carbonyl (C=O) groups is 1. The molecule has 0 aromatic carbocycles. The van der Waals surface area contributed by atoms with Crippen LogP contribution in [0.2, 0.25) is 0 Å². The quantitative estimate of drug-likeness (QED) is 0.308. The van der Waals surface area contributed by atoms with Gasteiger partial charge in [-0.25, -0.2) is 0 Å².